The van der Waals surface area contributed by atoms with Crippen LogP contribution < -0.4 is 5.32 Å². The third-order valence-electron chi connectivity index (χ3n) is 3.89. The van der Waals surface area contributed by atoms with Gasteiger partial charge in [-0.3, -0.25) is 0 Å². The molecule has 0 atom stereocenters. The van der Waals surface area contributed by atoms with Crippen molar-refractivity contribution < 1.29 is 0 Å². The highest BCUT2D eigenvalue weighted by molar-refractivity contribution is 7.11. The summed E-state index contributed by atoms with van der Waals surface area (Å²) in [5.41, 5.74) is 0. The first kappa shape index (κ1) is 14.0. The molecule has 1 fully saturated rings. The molecule has 2 rings (SSSR count). The normalized spacial score (nSPS) is 18.7. The molecule has 0 saturated carbocycles. The predicted molar refractivity (Wildman–Crippen MR) is 80.3 cm³/mol. The van der Waals surface area contributed by atoms with Crippen LogP contribution in [0.3, 0.4) is 0 Å². The van der Waals surface area contributed by atoms with Crippen molar-refractivity contribution >= 4 is 11.3 Å². The molecule has 0 spiro atoms. The SMILES string of the molecule is CCc1ccc(CNC2CCN(C(C)C)CC2)s1. The second kappa shape index (κ2) is 6.69. The van der Waals surface area contributed by atoms with Crippen LogP contribution in [0.5, 0.6) is 0 Å². The van der Waals surface area contributed by atoms with Gasteiger partial charge < -0.3 is 10.2 Å². The van der Waals surface area contributed by atoms with Gasteiger partial charge in [-0.25, -0.2) is 0 Å². The highest BCUT2D eigenvalue weighted by Crippen LogP contribution is 2.18. The summed E-state index contributed by atoms with van der Waals surface area (Å²) in [6.07, 6.45) is 3.76. The van der Waals surface area contributed by atoms with Crippen molar-refractivity contribution in [3.8, 4) is 0 Å². The number of nitrogens with zero attached hydrogens (tertiary/aromatic N) is 1. The molecule has 2 nitrogen and oxygen atoms in total. The third-order valence-corrected chi connectivity index (χ3v) is 5.12. The van der Waals surface area contributed by atoms with Crippen LogP contribution in [-0.2, 0) is 13.0 Å². The highest BCUT2D eigenvalue weighted by atomic mass is 32.1. The van der Waals surface area contributed by atoms with Gasteiger partial charge in [-0.2, -0.15) is 0 Å². The minimum Gasteiger partial charge on any atom is -0.309 e. The lowest BCUT2D eigenvalue weighted by atomic mass is 10.0. The van der Waals surface area contributed by atoms with Crippen LogP contribution in [0.15, 0.2) is 12.1 Å². The van der Waals surface area contributed by atoms with E-state index >= 15 is 0 Å². The second-order valence-electron chi connectivity index (χ2n) is 5.51. The molecule has 3 heteroatoms. The lowest BCUT2D eigenvalue weighted by Gasteiger charge is -2.34. The lowest BCUT2D eigenvalue weighted by Crippen LogP contribution is -2.44. The van der Waals surface area contributed by atoms with Gasteiger partial charge in [0.15, 0.2) is 0 Å². The predicted octanol–water partition coefficient (Wildman–Crippen LogP) is 3.27. The number of hydrogen-bond donors (Lipinski definition) is 1. The molecule has 1 aliphatic heterocycles. The van der Waals surface area contributed by atoms with Gasteiger partial charge in [0.25, 0.3) is 0 Å². The molecule has 0 bridgehead atoms. The van der Waals surface area contributed by atoms with E-state index < -0.39 is 0 Å². The molecule has 1 aromatic rings. The van der Waals surface area contributed by atoms with Crippen molar-refractivity contribution in [2.45, 2.75) is 58.7 Å². The van der Waals surface area contributed by atoms with E-state index in [9.17, 15) is 0 Å². The van der Waals surface area contributed by atoms with Crippen LogP contribution in [0.4, 0.5) is 0 Å². The molecule has 0 aromatic carbocycles. The number of hydrogen-bond acceptors (Lipinski definition) is 3. The first-order valence-electron chi connectivity index (χ1n) is 7.24. The number of aryl methyl sites for hydroxylation is 1. The van der Waals surface area contributed by atoms with Crippen LogP contribution in [0.25, 0.3) is 0 Å². The van der Waals surface area contributed by atoms with Crippen molar-refractivity contribution in [2.24, 2.45) is 0 Å². The summed E-state index contributed by atoms with van der Waals surface area (Å²) >= 11 is 1.95. The minimum absolute atomic E-state index is 0.704. The van der Waals surface area contributed by atoms with Crippen LogP contribution in [0.2, 0.25) is 0 Å². The number of piperidine rings is 1. The van der Waals surface area contributed by atoms with Crippen molar-refractivity contribution in [1.82, 2.24) is 10.2 Å². The molecule has 0 unspecified atom stereocenters. The van der Waals surface area contributed by atoms with Gasteiger partial charge in [-0.15, -0.1) is 11.3 Å². The first-order chi connectivity index (χ1) is 8.69. The molecule has 0 aliphatic carbocycles. The lowest BCUT2D eigenvalue weighted by molar-refractivity contribution is 0.161. The van der Waals surface area contributed by atoms with Gasteiger partial charge >= 0.3 is 0 Å². The van der Waals surface area contributed by atoms with Gasteiger partial charge in [0.2, 0.25) is 0 Å². The first-order valence-corrected chi connectivity index (χ1v) is 8.05. The topological polar surface area (TPSA) is 15.3 Å². The quantitative estimate of drug-likeness (QED) is 0.880. The van der Waals surface area contributed by atoms with Crippen LogP contribution in [-0.4, -0.2) is 30.1 Å². The average Bonchev–Trinajstić information content (AvgIpc) is 2.85. The largest absolute Gasteiger partial charge is 0.309 e. The number of thiophene rings is 1. The Hall–Kier alpha value is -0.380. The van der Waals surface area contributed by atoms with E-state index in [0.29, 0.717) is 12.1 Å². The van der Waals surface area contributed by atoms with Gasteiger partial charge in [-0.1, -0.05) is 6.92 Å². The molecule has 0 amide bonds. The Balaban J connectivity index is 1.72. The molecular formula is C15H26N2S. The van der Waals surface area contributed by atoms with Gasteiger partial charge in [0.05, 0.1) is 0 Å². The van der Waals surface area contributed by atoms with Crippen molar-refractivity contribution in [3.63, 3.8) is 0 Å². The molecule has 1 aliphatic rings. The number of nitrogens with one attached hydrogen (secondary N) is 1. The van der Waals surface area contributed by atoms with E-state index in [4.69, 9.17) is 0 Å². The molecule has 1 saturated heterocycles. The summed E-state index contributed by atoms with van der Waals surface area (Å²) in [5.74, 6) is 0. The summed E-state index contributed by atoms with van der Waals surface area (Å²) in [7, 11) is 0. The zero-order valence-electron chi connectivity index (χ0n) is 11.9. The van der Waals surface area contributed by atoms with Crippen molar-refractivity contribution in [1.29, 1.82) is 0 Å². The Morgan fingerprint density at radius 1 is 1.28 bits per heavy atom. The van der Waals surface area contributed by atoms with Crippen molar-refractivity contribution in [2.75, 3.05) is 13.1 Å². The molecule has 102 valence electrons. The Labute approximate surface area is 115 Å². The van der Waals surface area contributed by atoms with Crippen molar-refractivity contribution in [3.05, 3.63) is 21.9 Å². The maximum Gasteiger partial charge on any atom is 0.0302 e. The van der Waals surface area contributed by atoms with Crippen LogP contribution in [0.1, 0.15) is 43.4 Å². The summed E-state index contributed by atoms with van der Waals surface area (Å²) < 4.78 is 0. The minimum atomic E-state index is 0.704. The van der Waals surface area contributed by atoms with E-state index in [-0.39, 0.29) is 0 Å². The molecule has 0 radical (unpaired) electrons. The Kier molecular flexibility index (Phi) is 5.22. The molecule has 1 aromatic heterocycles. The van der Waals surface area contributed by atoms with Crippen LogP contribution >= 0.6 is 11.3 Å². The van der Waals surface area contributed by atoms with Gasteiger partial charge in [-0.05, 0) is 58.3 Å². The van der Waals surface area contributed by atoms with E-state index in [2.05, 4.69) is 43.1 Å². The molecule has 2 heterocycles. The smallest absolute Gasteiger partial charge is 0.0302 e. The fourth-order valence-electron chi connectivity index (χ4n) is 2.57. The highest BCUT2D eigenvalue weighted by Gasteiger charge is 2.20. The average molecular weight is 266 g/mol. The Bertz CT molecular complexity index is 351. The van der Waals surface area contributed by atoms with E-state index in [1.807, 2.05) is 11.3 Å². The summed E-state index contributed by atoms with van der Waals surface area (Å²) in [5, 5.41) is 3.72. The zero-order chi connectivity index (χ0) is 13.0. The van der Waals surface area contributed by atoms with E-state index in [0.717, 1.165) is 13.0 Å². The Morgan fingerprint density at radius 2 is 1.94 bits per heavy atom. The maximum absolute atomic E-state index is 3.72. The monoisotopic (exact) mass is 266 g/mol. The van der Waals surface area contributed by atoms with E-state index in [1.165, 1.54) is 35.7 Å². The number of likely N-dealkylation sites (tertiary alicyclic amines) is 1. The standard InChI is InChI=1S/C15H26N2S/c1-4-14-5-6-15(18-14)11-16-13-7-9-17(10-8-13)12(2)3/h5-6,12-13,16H,4,7-11H2,1-3H3. The summed E-state index contributed by atoms with van der Waals surface area (Å²) in [6, 6.07) is 5.96. The van der Waals surface area contributed by atoms with Crippen LogP contribution in [0, 0.1) is 0 Å². The molecular weight excluding hydrogens is 240 g/mol. The van der Waals surface area contributed by atoms with Gasteiger partial charge in [0.1, 0.15) is 0 Å². The maximum atomic E-state index is 3.72. The fraction of sp³-hybridized carbons (Fsp3) is 0.733. The molecule has 1 N–H and O–H groups in total. The van der Waals surface area contributed by atoms with Gasteiger partial charge in [0, 0.05) is 28.4 Å². The zero-order valence-corrected chi connectivity index (χ0v) is 12.7. The third kappa shape index (κ3) is 3.81. The second-order valence-corrected chi connectivity index (χ2v) is 6.76. The number of rotatable bonds is 5. The molecule has 18 heavy (non-hydrogen) atoms. The summed E-state index contributed by atoms with van der Waals surface area (Å²) in [4.78, 5) is 5.57. The summed E-state index contributed by atoms with van der Waals surface area (Å²) in [6.45, 7) is 10.4. The Morgan fingerprint density at radius 3 is 2.50 bits per heavy atom. The fourth-order valence-corrected chi connectivity index (χ4v) is 3.48. The van der Waals surface area contributed by atoms with E-state index in [1.54, 1.807) is 0 Å².